The van der Waals surface area contributed by atoms with Crippen molar-refractivity contribution < 1.29 is 18.0 Å². The Morgan fingerprint density at radius 2 is 1.97 bits per heavy atom. The van der Waals surface area contributed by atoms with Gasteiger partial charge in [-0.1, -0.05) is 12.1 Å². The maximum Gasteiger partial charge on any atom is 0.240 e. The summed E-state index contributed by atoms with van der Waals surface area (Å²) in [6.07, 6.45) is 3.07. The molecule has 2 aliphatic rings. The highest BCUT2D eigenvalue weighted by atomic mass is 32.2. The highest BCUT2D eigenvalue weighted by molar-refractivity contribution is 7.89. The minimum absolute atomic E-state index is 0.0126. The third kappa shape index (κ3) is 4.36. The number of carbonyl (C=O) groups excluding carboxylic acids is 2. The van der Waals surface area contributed by atoms with Crippen molar-refractivity contribution in [1.29, 1.82) is 0 Å². The van der Waals surface area contributed by atoms with Crippen molar-refractivity contribution in [1.82, 2.24) is 4.72 Å². The molecular formula is C23H27N3O4S. The molecule has 2 aliphatic heterocycles. The van der Waals surface area contributed by atoms with Gasteiger partial charge in [0.1, 0.15) is 0 Å². The molecule has 2 aromatic rings. The van der Waals surface area contributed by atoms with Crippen LogP contribution in [0.2, 0.25) is 0 Å². The maximum atomic E-state index is 12.9. The summed E-state index contributed by atoms with van der Waals surface area (Å²) in [5, 5.41) is 0. The molecule has 164 valence electrons. The fraction of sp³-hybridized carbons (Fsp3) is 0.391. The van der Waals surface area contributed by atoms with Crippen molar-refractivity contribution in [3.63, 3.8) is 0 Å². The number of amides is 2. The second kappa shape index (κ2) is 8.43. The molecule has 0 bridgehead atoms. The zero-order valence-electron chi connectivity index (χ0n) is 17.8. The first-order chi connectivity index (χ1) is 14.8. The molecule has 0 radical (unpaired) electrons. The summed E-state index contributed by atoms with van der Waals surface area (Å²) in [6, 6.07) is 12.3. The van der Waals surface area contributed by atoms with Crippen molar-refractivity contribution in [3.05, 3.63) is 53.6 Å². The highest BCUT2D eigenvalue weighted by Gasteiger charge is 2.30. The Balaban J connectivity index is 1.49. The van der Waals surface area contributed by atoms with E-state index in [0.29, 0.717) is 19.4 Å². The van der Waals surface area contributed by atoms with Crippen LogP contribution in [0.5, 0.6) is 0 Å². The average Bonchev–Trinajstić information content (AvgIpc) is 3.08. The number of rotatable bonds is 5. The molecule has 0 aliphatic carbocycles. The van der Waals surface area contributed by atoms with E-state index >= 15 is 0 Å². The lowest BCUT2D eigenvalue weighted by Crippen LogP contribution is -2.35. The SMILES string of the molecule is CC(=O)N1c2ccc(S(=O)(=O)NCc3cccc(N4CCCCC4=O)c3)cc2CC1C. The highest BCUT2D eigenvalue weighted by Crippen LogP contribution is 2.34. The fourth-order valence-corrected chi connectivity index (χ4v) is 5.50. The standard InChI is InChI=1S/C23H27N3O4S/c1-16-12-19-14-21(9-10-22(19)26(16)17(2)27)31(29,30)24-15-18-6-5-7-20(13-18)25-11-4-3-8-23(25)28/h5-7,9-10,13-14,16,24H,3-4,8,11-12,15H2,1-2H3. The van der Waals surface area contributed by atoms with E-state index < -0.39 is 10.0 Å². The summed E-state index contributed by atoms with van der Waals surface area (Å²) in [5.74, 6) is 0.0583. The zero-order valence-corrected chi connectivity index (χ0v) is 18.6. The van der Waals surface area contributed by atoms with E-state index in [9.17, 15) is 18.0 Å². The number of fused-ring (bicyclic) bond motifs is 1. The molecule has 2 aromatic carbocycles. The maximum absolute atomic E-state index is 12.9. The molecule has 1 fully saturated rings. The first-order valence-electron chi connectivity index (χ1n) is 10.6. The lowest BCUT2D eigenvalue weighted by atomic mass is 10.1. The minimum Gasteiger partial charge on any atom is -0.312 e. The third-order valence-corrected chi connectivity index (χ3v) is 7.33. The number of nitrogens with zero attached hydrogens (tertiary/aromatic N) is 2. The Bertz CT molecular complexity index is 1130. The van der Waals surface area contributed by atoms with E-state index in [4.69, 9.17) is 0 Å². The van der Waals surface area contributed by atoms with E-state index in [1.54, 1.807) is 21.9 Å². The Kier molecular flexibility index (Phi) is 5.85. The van der Waals surface area contributed by atoms with Crippen LogP contribution < -0.4 is 14.5 Å². The predicted molar refractivity (Wildman–Crippen MR) is 119 cm³/mol. The van der Waals surface area contributed by atoms with Gasteiger partial charge in [0.2, 0.25) is 21.8 Å². The lowest BCUT2D eigenvalue weighted by molar-refractivity contribution is -0.119. The van der Waals surface area contributed by atoms with Crippen LogP contribution in [0.4, 0.5) is 11.4 Å². The molecule has 4 rings (SSSR count). The van der Waals surface area contributed by atoms with Gasteiger partial charge in [0.05, 0.1) is 4.90 Å². The van der Waals surface area contributed by atoms with Crippen LogP contribution in [0.3, 0.4) is 0 Å². The van der Waals surface area contributed by atoms with Crippen molar-refractivity contribution >= 4 is 33.2 Å². The van der Waals surface area contributed by atoms with Crippen molar-refractivity contribution in [2.24, 2.45) is 0 Å². The first-order valence-corrected chi connectivity index (χ1v) is 12.1. The van der Waals surface area contributed by atoms with Crippen LogP contribution in [-0.2, 0) is 32.6 Å². The van der Waals surface area contributed by atoms with Gasteiger partial charge in [0, 0.05) is 43.9 Å². The minimum atomic E-state index is -3.72. The molecular weight excluding hydrogens is 414 g/mol. The largest absolute Gasteiger partial charge is 0.312 e. The number of carbonyl (C=O) groups is 2. The molecule has 31 heavy (non-hydrogen) atoms. The molecule has 8 heteroatoms. The number of nitrogens with one attached hydrogen (secondary N) is 1. The van der Waals surface area contributed by atoms with Gasteiger partial charge < -0.3 is 9.80 Å². The molecule has 7 nitrogen and oxygen atoms in total. The van der Waals surface area contributed by atoms with Gasteiger partial charge in [-0.15, -0.1) is 0 Å². The van der Waals surface area contributed by atoms with Crippen molar-refractivity contribution in [3.8, 4) is 0 Å². The van der Waals surface area contributed by atoms with Gasteiger partial charge in [-0.2, -0.15) is 0 Å². The predicted octanol–water partition coefficient (Wildman–Crippen LogP) is 2.98. The van der Waals surface area contributed by atoms with Crippen LogP contribution in [-0.4, -0.2) is 32.8 Å². The van der Waals surface area contributed by atoms with Crippen LogP contribution in [0.15, 0.2) is 47.4 Å². The van der Waals surface area contributed by atoms with Gasteiger partial charge in [-0.3, -0.25) is 9.59 Å². The number of hydrogen-bond acceptors (Lipinski definition) is 4. The van der Waals surface area contributed by atoms with Crippen LogP contribution in [0.1, 0.15) is 44.2 Å². The van der Waals surface area contributed by atoms with E-state index in [1.807, 2.05) is 31.2 Å². The van der Waals surface area contributed by atoms with Gasteiger partial charge in [0.25, 0.3) is 0 Å². The van der Waals surface area contributed by atoms with E-state index in [1.165, 1.54) is 13.0 Å². The Hall–Kier alpha value is -2.71. The molecule has 0 aromatic heterocycles. The molecule has 1 saturated heterocycles. The van der Waals surface area contributed by atoms with Gasteiger partial charge >= 0.3 is 0 Å². The summed E-state index contributed by atoms with van der Waals surface area (Å²) in [7, 11) is -3.72. The number of piperidine rings is 1. The number of hydrogen-bond donors (Lipinski definition) is 1. The van der Waals surface area contributed by atoms with Crippen LogP contribution in [0.25, 0.3) is 0 Å². The molecule has 0 spiro atoms. The normalized spacial score (nSPS) is 18.9. The van der Waals surface area contributed by atoms with E-state index in [-0.39, 0.29) is 29.3 Å². The summed E-state index contributed by atoms with van der Waals surface area (Å²) in [4.78, 5) is 27.7. The van der Waals surface area contributed by atoms with Crippen molar-refractivity contribution in [2.75, 3.05) is 16.3 Å². The molecule has 2 amide bonds. The summed E-state index contributed by atoms with van der Waals surface area (Å²) < 4.78 is 28.4. The van der Waals surface area contributed by atoms with Crippen molar-refractivity contribution in [2.45, 2.75) is 57.0 Å². The smallest absolute Gasteiger partial charge is 0.240 e. The quantitative estimate of drug-likeness (QED) is 0.773. The molecule has 2 heterocycles. The van der Waals surface area contributed by atoms with Crippen LogP contribution >= 0.6 is 0 Å². The fourth-order valence-electron chi connectivity index (χ4n) is 4.43. The molecule has 1 unspecified atom stereocenters. The lowest BCUT2D eigenvalue weighted by Gasteiger charge is -2.27. The van der Waals surface area contributed by atoms with Crippen LogP contribution in [0, 0.1) is 0 Å². The topological polar surface area (TPSA) is 86.8 Å². The average molecular weight is 442 g/mol. The van der Waals surface area contributed by atoms with E-state index in [0.717, 1.165) is 35.3 Å². The zero-order chi connectivity index (χ0) is 22.2. The molecule has 1 atom stereocenters. The summed E-state index contributed by atoms with van der Waals surface area (Å²) in [5.41, 5.74) is 3.23. The Labute approximate surface area is 183 Å². The Morgan fingerprint density at radius 3 is 2.71 bits per heavy atom. The number of benzene rings is 2. The number of sulfonamides is 1. The second-order valence-electron chi connectivity index (χ2n) is 8.23. The first kappa shape index (κ1) is 21.5. The molecule has 1 N–H and O–H groups in total. The van der Waals surface area contributed by atoms with E-state index in [2.05, 4.69) is 4.72 Å². The van der Waals surface area contributed by atoms with Gasteiger partial charge in [-0.25, -0.2) is 13.1 Å². The Morgan fingerprint density at radius 1 is 1.16 bits per heavy atom. The van der Waals surface area contributed by atoms with Gasteiger partial charge in [0.15, 0.2) is 0 Å². The third-order valence-electron chi connectivity index (χ3n) is 5.93. The monoisotopic (exact) mass is 441 g/mol. The summed E-state index contributed by atoms with van der Waals surface area (Å²) >= 11 is 0. The summed E-state index contributed by atoms with van der Waals surface area (Å²) in [6.45, 7) is 4.29. The number of anilines is 2. The molecule has 0 saturated carbocycles. The second-order valence-corrected chi connectivity index (χ2v) is 10.00. The van der Waals surface area contributed by atoms with Gasteiger partial charge in [-0.05, 0) is 67.6 Å².